The number of amides is 1. The van der Waals surface area contributed by atoms with Crippen LogP contribution < -0.4 is 14.3 Å². The van der Waals surface area contributed by atoms with Crippen LogP contribution in [-0.4, -0.2) is 24.7 Å². The number of methoxy groups -OCH3 is 2. The predicted molar refractivity (Wildman–Crippen MR) is 109 cm³/mol. The molecule has 0 spiro atoms. The fraction of sp³-hybridized carbons (Fsp3) is 0.333. The van der Waals surface area contributed by atoms with Crippen LogP contribution in [0.15, 0.2) is 35.3 Å². The van der Waals surface area contributed by atoms with Gasteiger partial charge in [-0.15, -0.1) is 0 Å². The summed E-state index contributed by atoms with van der Waals surface area (Å²) in [6.45, 7) is 7.03. The zero-order valence-electron chi connectivity index (χ0n) is 16.3. The first-order valence-electron chi connectivity index (χ1n) is 8.85. The van der Waals surface area contributed by atoms with E-state index in [-0.39, 0.29) is 12.3 Å². The third-order valence-electron chi connectivity index (χ3n) is 4.67. The lowest BCUT2D eigenvalue weighted by molar-refractivity contribution is -0.117. The Morgan fingerprint density at radius 2 is 1.85 bits per heavy atom. The topological polar surface area (TPSA) is 52.8 Å². The summed E-state index contributed by atoms with van der Waals surface area (Å²) in [6.07, 6.45) is 0.184. The van der Waals surface area contributed by atoms with Crippen molar-refractivity contribution in [3.05, 3.63) is 51.8 Å². The zero-order chi connectivity index (χ0) is 19.6. The van der Waals surface area contributed by atoms with Gasteiger partial charge in [0, 0.05) is 18.2 Å². The molecule has 0 saturated carbocycles. The molecule has 27 heavy (non-hydrogen) atoms. The van der Waals surface area contributed by atoms with E-state index in [0.29, 0.717) is 11.5 Å². The number of hydrogen-bond acceptors (Lipinski definition) is 4. The minimum atomic E-state index is -0.194. The molecule has 0 bridgehead atoms. The summed E-state index contributed by atoms with van der Waals surface area (Å²) in [4.78, 5) is 17.8. The number of rotatable bonds is 5. The van der Waals surface area contributed by atoms with Gasteiger partial charge in [-0.2, -0.15) is 4.99 Å². The number of benzene rings is 2. The van der Waals surface area contributed by atoms with Gasteiger partial charge in [-0.1, -0.05) is 17.4 Å². The number of ether oxygens (including phenoxy) is 2. The van der Waals surface area contributed by atoms with E-state index in [0.717, 1.165) is 27.1 Å². The Bertz CT molecular complexity index is 1060. The van der Waals surface area contributed by atoms with Gasteiger partial charge in [0.2, 0.25) is 0 Å². The summed E-state index contributed by atoms with van der Waals surface area (Å²) in [7, 11) is 3.19. The third-order valence-corrected chi connectivity index (χ3v) is 5.71. The minimum absolute atomic E-state index is 0.184. The van der Waals surface area contributed by atoms with Gasteiger partial charge < -0.3 is 14.0 Å². The van der Waals surface area contributed by atoms with Gasteiger partial charge in [-0.05, 0) is 50.1 Å². The van der Waals surface area contributed by atoms with Crippen LogP contribution in [0.1, 0.15) is 23.6 Å². The number of nitrogens with zero attached hydrogens (tertiary/aromatic N) is 2. The van der Waals surface area contributed by atoms with E-state index < -0.39 is 0 Å². The van der Waals surface area contributed by atoms with Gasteiger partial charge in [0.25, 0.3) is 5.91 Å². The first kappa shape index (κ1) is 19.2. The Morgan fingerprint density at radius 3 is 2.52 bits per heavy atom. The summed E-state index contributed by atoms with van der Waals surface area (Å²) in [5.41, 5.74) is 4.40. The summed E-state index contributed by atoms with van der Waals surface area (Å²) in [6, 6.07) is 9.77. The fourth-order valence-electron chi connectivity index (χ4n) is 3.02. The molecule has 5 nitrogen and oxygen atoms in total. The van der Waals surface area contributed by atoms with E-state index in [2.05, 4.69) is 42.5 Å². The Labute approximate surface area is 162 Å². The summed E-state index contributed by atoms with van der Waals surface area (Å²) >= 11 is 1.55. The molecule has 0 aliphatic carbocycles. The minimum Gasteiger partial charge on any atom is -0.497 e. The smallest absolute Gasteiger partial charge is 0.252 e. The van der Waals surface area contributed by atoms with Gasteiger partial charge in [-0.3, -0.25) is 4.79 Å². The molecule has 0 fully saturated rings. The molecule has 0 saturated heterocycles. The molecule has 3 rings (SSSR count). The first-order chi connectivity index (χ1) is 13.0. The number of aryl methyl sites for hydroxylation is 3. The molecule has 142 valence electrons. The summed E-state index contributed by atoms with van der Waals surface area (Å²) in [5, 5.41) is 0. The quantitative estimate of drug-likeness (QED) is 0.667. The van der Waals surface area contributed by atoms with Crippen LogP contribution in [0.4, 0.5) is 0 Å². The second-order valence-corrected chi connectivity index (χ2v) is 7.40. The van der Waals surface area contributed by atoms with Crippen LogP contribution in [0, 0.1) is 13.8 Å². The van der Waals surface area contributed by atoms with E-state index in [1.165, 1.54) is 11.1 Å². The largest absolute Gasteiger partial charge is 0.497 e. The molecule has 3 aromatic rings. The monoisotopic (exact) mass is 384 g/mol. The molecule has 0 N–H and O–H groups in total. The molecular formula is C21H24N2O3S. The maximum atomic E-state index is 12.6. The molecule has 1 amide bonds. The Balaban J connectivity index is 1.98. The van der Waals surface area contributed by atoms with Gasteiger partial charge >= 0.3 is 0 Å². The molecular weight excluding hydrogens is 360 g/mol. The number of carbonyl (C=O) groups excluding carboxylic acids is 1. The van der Waals surface area contributed by atoms with Crippen molar-refractivity contribution in [2.45, 2.75) is 33.7 Å². The lowest BCUT2D eigenvalue weighted by atomic mass is 10.1. The lowest BCUT2D eigenvalue weighted by Gasteiger charge is -2.08. The average molecular weight is 385 g/mol. The third kappa shape index (κ3) is 3.90. The van der Waals surface area contributed by atoms with Crippen LogP contribution in [0.5, 0.6) is 11.5 Å². The second kappa shape index (κ2) is 7.96. The summed E-state index contributed by atoms with van der Waals surface area (Å²) in [5.74, 6) is 1.13. The molecule has 0 aliphatic rings. The molecule has 6 heteroatoms. The highest BCUT2D eigenvalue weighted by Gasteiger charge is 2.12. The fourth-order valence-corrected chi connectivity index (χ4v) is 4.21. The Morgan fingerprint density at radius 1 is 1.11 bits per heavy atom. The van der Waals surface area contributed by atoms with E-state index in [1.807, 2.05) is 12.1 Å². The van der Waals surface area contributed by atoms with Crippen molar-refractivity contribution in [3.8, 4) is 11.5 Å². The number of carbonyl (C=O) groups is 1. The predicted octanol–water partition coefficient (Wildman–Crippen LogP) is 4.03. The van der Waals surface area contributed by atoms with E-state index in [4.69, 9.17) is 9.47 Å². The van der Waals surface area contributed by atoms with Crippen molar-refractivity contribution < 1.29 is 14.3 Å². The molecule has 2 aromatic carbocycles. The molecule has 0 atom stereocenters. The van der Waals surface area contributed by atoms with Crippen LogP contribution in [-0.2, 0) is 17.8 Å². The van der Waals surface area contributed by atoms with Crippen molar-refractivity contribution in [2.24, 2.45) is 4.99 Å². The van der Waals surface area contributed by atoms with E-state index in [9.17, 15) is 4.79 Å². The maximum absolute atomic E-state index is 12.6. The van der Waals surface area contributed by atoms with Crippen molar-refractivity contribution in [1.29, 1.82) is 0 Å². The van der Waals surface area contributed by atoms with E-state index >= 15 is 0 Å². The zero-order valence-corrected chi connectivity index (χ0v) is 17.1. The van der Waals surface area contributed by atoms with Gasteiger partial charge in [0.05, 0.1) is 30.9 Å². The average Bonchev–Trinajstić information content (AvgIpc) is 2.97. The van der Waals surface area contributed by atoms with Crippen LogP contribution in [0.25, 0.3) is 10.2 Å². The van der Waals surface area contributed by atoms with Crippen LogP contribution >= 0.6 is 11.3 Å². The van der Waals surface area contributed by atoms with Crippen LogP contribution in [0.3, 0.4) is 0 Å². The Hall–Kier alpha value is -2.60. The number of hydrogen-bond donors (Lipinski definition) is 0. The Kier molecular flexibility index (Phi) is 5.65. The maximum Gasteiger partial charge on any atom is 0.252 e. The van der Waals surface area contributed by atoms with Crippen molar-refractivity contribution in [1.82, 2.24) is 4.57 Å². The second-order valence-electron chi connectivity index (χ2n) is 6.39. The highest BCUT2D eigenvalue weighted by atomic mass is 32.1. The van der Waals surface area contributed by atoms with Crippen molar-refractivity contribution in [3.63, 3.8) is 0 Å². The van der Waals surface area contributed by atoms with Gasteiger partial charge in [-0.25, -0.2) is 0 Å². The summed E-state index contributed by atoms with van der Waals surface area (Å²) < 4.78 is 13.8. The van der Waals surface area contributed by atoms with Gasteiger partial charge in [0.15, 0.2) is 4.80 Å². The normalized spacial score (nSPS) is 11.8. The molecule has 1 aromatic heterocycles. The number of thiazole rings is 1. The van der Waals surface area contributed by atoms with Crippen LogP contribution in [0.2, 0.25) is 0 Å². The highest BCUT2D eigenvalue weighted by molar-refractivity contribution is 7.16. The number of aromatic nitrogens is 1. The molecule has 0 aliphatic heterocycles. The highest BCUT2D eigenvalue weighted by Crippen LogP contribution is 2.25. The van der Waals surface area contributed by atoms with Gasteiger partial charge in [0.1, 0.15) is 11.5 Å². The van der Waals surface area contributed by atoms with Crippen molar-refractivity contribution in [2.75, 3.05) is 14.2 Å². The van der Waals surface area contributed by atoms with E-state index in [1.54, 1.807) is 31.6 Å². The lowest BCUT2D eigenvalue weighted by Crippen LogP contribution is -2.16. The molecule has 0 unspecified atom stereocenters. The van der Waals surface area contributed by atoms with Crippen molar-refractivity contribution >= 4 is 27.5 Å². The standard InChI is InChI=1S/C21H24N2O3S/c1-6-23-17-9-13(2)14(3)10-19(17)27-21(23)22-20(24)11-15-7-8-16(25-4)12-18(15)26-5/h7-10,12H,6,11H2,1-5H3. The molecule has 1 heterocycles. The SMILES string of the molecule is CCn1c(=NC(=O)Cc2ccc(OC)cc2OC)sc2cc(C)c(C)cc21. The first-order valence-corrected chi connectivity index (χ1v) is 9.67. The molecule has 0 radical (unpaired) electrons. The number of fused-ring (bicyclic) bond motifs is 1.